The zero-order chi connectivity index (χ0) is 28.9. The molecule has 3 aliphatic carbocycles. The number of ketones is 1. The number of hydrogen-bond acceptors (Lipinski definition) is 6. The van der Waals surface area contributed by atoms with Gasteiger partial charge in [0.15, 0.2) is 5.43 Å². The van der Waals surface area contributed by atoms with Crippen molar-refractivity contribution < 1.29 is 19.4 Å². The Balaban J connectivity index is 1.48. The molecule has 0 aromatic carbocycles. The van der Waals surface area contributed by atoms with Gasteiger partial charge in [-0.05, 0) is 49.4 Å². The summed E-state index contributed by atoms with van der Waals surface area (Å²) in [6.45, 7) is 13.8. The topological polar surface area (TPSA) is 103 Å². The van der Waals surface area contributed by atoms with Crippen LogP contribution in [0.2, 0.25) is 0 Å². The fourth-order valence-corrected chi connectivity index (χ4v) is 8.37. The first kappa shape index (κ1) is 28.5. The van der Waals surface area contributed by atoms with Gasteiger partial charge in [-0.1, -0.05) is 33.8 Å². The Morgan fingerprint density at radius 2 is 1.95 bits per heavy atom. The van der Waals surface area contributed by atoms with E-state index in [0.29, 0.717) is 19.4 Å². The molecule has 1 N–H and O–H groups in total. The van der Waals surface area contributed by atoms with Crippen LogP contribution in [-0.4, -0.2) is 43.2 Å². The predicted molar refractivity (Wildman–Crippen MR) is 152 cm³/mol. The Labute approximate surface area is 236 Å². The van der Waals surface area contributed by atoms with Gasteiger partial charge in [0, 0.05) is 67.1 Å². The number of aromatic nitrogens is 3. The van der Waals surface area contributed by atoms with Gasteiger partial charge in [-0.15, -0.1) is 6.58 Å². The summed E-state index contributed by atoms with van der Waals surface area (Å²) in [4.78, 5) is 44.3. The molecule has 8 atom stereocenters. The Bertz CT molecular complexity index is 1330. The number of carbonyl (C=O) groups excluding carboxylic acids is 2. The zero-order valence-electron chi connectivity index (χ0n) is 24.2. The van der Waals surface area contributed by atoms with Crippen LogP contribution in [0.4, 0.5) is 0 Å². The first-order valence-corrected chi connectivity index (χ1v) is 14.7. The van der Waals surface area contributed by atoms with Gasteiger partial charge in [-0.25, -0.2) is 9.78 Å². The normalized spacial score (nSPS) is 37.3. The molecule has 8 heteroatoms. The highest BCUT2D eigenvalue weighted by atomic mass is 16.5. The lowest BCUT2D eigenvalue weighted by Crippen LogP contribution is -2.63. The summed E-state index contributed by atoms with van der Waals surface area (Å²) in [5.41, 5.74) is -2.11. The molecule has 2 aromatic rings. The average Bonchev–Trinajstić information content (AvgIpc) is 3.58. The molecule has 8 nitrogen and oxygen atoms in total. The van der Waals surface area contributed by atoms with Gasteiger partial charge in [0.2, 0.25) is 0 Å². The largest absolute Gasteiger partial charge is 0.458 e. The number of rotatable bonds is 7. The van der Waals surface area contributed by atoms with Crippen molar-refractivity contribution in [2.24, 2.45) is 34.0 Å². The summed E-state index contributed by atoms with van der Waals surface area (Å²) in [6, 6.07) is 1.40. The van der Waals surface area contributed by atoms with E-state index in [1.807, 2.05) is 22.3 Å². The third-order valence-corrected chi connectivity index (χ3v) is 11.1. The number of imidazole rings is 1. The number of hydrogen-bond donors (Lipinski definition) is 1. The van der Waals surface area contributed by atoms with Gasteiger partial charge in [-0.2, -0.15) is 0 Å². The lowest BCUT2D eigenvalue weighted by atomic mass is 9.44. The van der Waals surface area contributed by atoms with Crippen LogP contribution in [0, 0.1) is 34.0 Å². The molecule has 0 radical (unpaired) electrons. The monoisotopic (exact) mass is 549 g/mol. The highest BCUT2D eigenvalue weighted by Crippen LogP contribution is 2.68. The number of Topliss-reactive ketones (excluding diaryl/α,β-unsaturated/α-hetero) is 1. The van der Waals surface area contributed by atoms with Crippen molar-refractivity contribution in [1.29, 1.82) is 0 Å². The van der Waals surface area contributed by atoms with Crippen molar-refractivity contribution >= 4 is 11.8 Å². The Kier molecular flexibility index (Phi) is 7.44. The maximum atomic E-state index is 13.8. The standard InChI is InChI=1S/C32H43N3O5/c1-6-30(4)18-26(31(5)21(2)8-11-32(22(3)28(30)38)12-9-25(37)27(31)32)40-29(39)23-19-34(16-10-24(23)36)14-7-15-35-17-13-33-20-35/h6,10,13,16-17,19-22,26-28,38H,1,7-9,11-12,14-15,18H2,2-5H3/t21?,22-,26+,27?,28-,30+,31-,32-/m0/s1. The SMILES string of the molecule is C=C[C@]1(C)C[C@@H](OC(=O)c2cn(CCCn3ccnc3)ccc2=O)[C@]2(C)C(C)CC[C@]3(CCC(=O)C32)[C@@H](C)[C@@H]1O. The van der Waals surface area contributed by atoms with Gasteiger partial charge >= 0.3 is 5.97 Å². The first-order valence-electron chi connectivity index (χ1n) is 14.7. The van der Waals surface area contributed by atoms with E-state index in [1.54, 1.807) is 31.0 Å². The number of nitrogens with zero attached hydrogens (tertiary/aromatic N) is 3. The molecular formula is C32H43N3O5. The first-order chi connectivity index (χ1) is 19.0. The molecule has 3 aliphatic rings. The minimum atomic E-state index is -0.734. The van der Waals surface area contributed by atoms with E-state index in [0.717, 1.165) is 32.2 Å². The maximum Gasteiger partial charge on any atom is 0.343 e. The molecule has 2 unspecified atom stereocenters. The van der Waals surface area contributed by atoms with E-state index in [1.165, 1.54) is 6.07 Å². The summed E-state index contributed by atoms with van der Waals surface area (Å²) >= 11 is 0. The zero-order valence-corrected chi connectivity index (χ0v) is 24.2. The Morgan fingerprint density at radius 3 is 2.65 bits per heavy atom. The fraction of sp³-hybridized carbons (Fsp3) is 0.625. The molecule has 0 saturated heterocycles. The lowest BCUT2D eigenvalue weighted by Gasteiger charge is -2.61. The Hall–Kier alpha value is -3.00. The molecule has 2 aromatic heterocycles. The highest BCUT2D eigenvalue weighted by Gasteiger charge is 2.68. The smallest absolute Gasteiger partial charge is 0.343 e. The molecule has 2 heterocycles. The van der Waals surface area contributed by atoms with E-state index in [2.05, 4.69) is 32.3 Å². The number of aryl methyl sites for hydroxylation is 2. The lowest BCUT2D eigenvalue weighted by molar-refractivity contribution is -0.192. The minimum Gasteiger partial charge on any atom is -0.458 e. The predicted octanol–water partition coefficient (Wildman–Crippen LogP) is 4.66. The van der Waals surface area contributed by atoms with Crippen LogP contribution >= 0.6 is 0 Å². The molecule has 5 rings (SSSR count). The van der Waals surface area contributed by atoms with Crippen LogP contribution in [0.5, 0.6) is 0 Å². The van der Waals surface area contributed by atoms with E-state index in [9.17, 15) is 19.5 Å². The van der Waals surface area contributed by atoms with Crippen LogP contribution in [0.15, 0.2) is 54.6 Å². The fourth-order valence-electron chi connectivity index (χ4n) is 8.37. The van der Waals surface area contributed by atoms with Crippen molar-refractivity contribution in [2.75, 3.05) is 0 Å². The number of pyridine rings is 1. The van der Waals surface area contributed by atoms with E-state index < -0.39 is 34.4 Å². The molecule has 3 saturated carbocycles. The highest BCUT2D eigenvalue weighted by molar-refractivity contribution is 5.89. The van der Waals surface area contributed by atoms with Gasteiger partial charge in [0.1, 0.15) is 17.5 Å². The van der Waals surface area contributed by atoms with Crippen LogP contribution in [-0.2, 0) is 22.6 Å². The van der Waals surface area contributed by atoms with Gasteiger partial charge < -0.3 is 19.0 Å². The molecule has 216 valence electrons. The summed E-state index contributed by atoms with van der Waals surface area (Å²) in [5, 5.41) is 11.7. The number of carbonyl (C=O) groups is 2. The molecule has 0 aliphatic heterocycles. The van der Waals surface area contributed by atoms with E-state index >= 15 is 0 Å². The number of esters is 1. The molecular weight excluding hydrogens is 506 g/mol. The van der Waals surface area contributed by atoms with Gasteiger partial charge in [0.05, 0.1) is 12.4 Å². The summed E-state index contributed by atoms with van der Waals surface area (Å²) in [5.74, 6) is -0.757. The summed E-state index contributed by atoms with van der Waals surface area (Å²) < 4.78 is 10.1. The van der Waals surface area contributed by atoms with Gasteiger partial charge in [0.25, 0.3) is 0 Å². The van der Waals surface area contributed by atoms with Crippen molar-refractivity contribution in [1.82, 2.24) is 14.1 Å². The van der Waals surface area contributed by atoms with E-state index in [-0.39, 0.29) is 34.5 Å². The molecule has 0 spiro atoms. The number of aliphatic hydroxyl groups is 1. The second-order valence-electron chi connectivity index (χ2n) is 13.1. The Morgan fingerprint density at radius 1 is 1.20 bits per heavy atom. The molecule has 40 heavy (non-hydrogen) atoms. The second kappa shape index (κ2) is 10.4. The van der Waals surface area contributed by atoms with Crippen molar-refractivity contribution in [2.45, 2.75) is 91.5 Å². The van der Waals surface area contributed by atoms with Crippen LogP contribution in [0.3, 0.4) is 0 Å². The van der Waals surface area contributed by atoms with Crippen LogP contribution < -0.4 is 5.43 Å². The quantitative estimate of drug-likeness (QED) is 0.398. The van der Waals surface area contributed by atoms with Crippen LogP contribution in [0.1, 0.15) is 76.6 Å². The van der Waals surface area contributed by atoms with Crippen molar-refractivity contribution in [3.63, 3.8) is 0 Å². The second-order valence-corrected chi connectivity index (χ2v) is 13.1. The minimum absolute atomic E-state index is 0.0162. The van der Waals surface area contributed by atoms with Crippen molar-refractivity contribution in [3.05, 3.63) is 65.6 Å². The van der Waals surface area contributed by atoms with Gasteiger partial charge in [-0.3, -0.25) is 9.59 Å². The van der Waals surface area contributed by atoms with Crippen LogP contribution in [0.25, 0.3) is 0 Å². The molecule has 0 amide bonds. The van der Waals surface area contributed by atoms with Crippen molar-refractivity contribution in [3.8, 4) is 0 Å². The summed E-state index contributed by atoms with van der Waals surface area (Å²) in [6.07, 6.45) is 13.1. The maximum absolute atomic E-state index is 13.8. The summed E-state index contributed by atoms with van der Waals surface area (Å²) in [7, 11) is 0. The average molecular weight is 550 g/mol. The third-order valence-electron chi connectivity index (χ3n) is 11.1. The number of ether oxygens (including phenoxy) is 1. The van der Waals surface area contributed by atoms with E-state index in [4.69, 9.17) is 4.74 Å². The number of aliphatic hydroxyl groups excluding tert-OH is 1. The molecule has 2 bridgehead atoms. The molecule has 3 fully saturated rings. The third kappa shape index (κ3) is 4.48.